The minimum Gasteiger partial charge on any atom is -0.481 e. The molecule has 0 spiro atoms. The Bertz CT molecular complexity index is 1410. The molecule has 0 saturated carbocycles. The van der Waals surface area contributed by atoms with Crippen molar-refractivity contribution < 1.29 is 42.8 Å². The fraction of sp³-hybridized carbons (Fsp3) is 0.588. The van der Waals surface area contributed by atoms with Crippen LogP contribution >= 0.6 is 7.37 Å². The van der Waals surface area contributed by atoms with Crippen molar-refractivity contribution >= 4 is 25.5 Å². The number of imide groups is 1. The van der Waals surface area contributed by atoms with Crippen LogP contribution in [0, 0.1) is 0 Å². The number of carbonyl (C=O) groups excluding carboxylic acids is 2. The molecule has 2 amide bonds. The predicted molar refractivity (Wildman–Crippen MR) is 179 cm³/mol. The molecular weight excluding hydrogens is 625 g/mol. The summed E-state index contributed by atoms with van der Waals surface area (Å²) in [5, 5.41) is 9.02. The summed E-state index contributed by atoms with van der Waals surface area (Å²) in [6.45, 7) is 12.8. The number of aliphatic carboxylic acids is 1. The van der Waals surface area contributed by atoms with Crippen molar-refractivity contribution in [2.45, 2.75) is 90.6 Å². The number of aromatic nitrogens is 1. The molecule has 1 aromatic carbocycles. The predicted octanol–water partition coefficient (Wildman–Crippen LogP) is 7.05. The molecule has 1 unspecified atom stereocenters. The van der Waals surface area contributed by atoms with Gasteiger partial charge in [0.25, 0.3) is 0 Å². The van der Waals surface area contributed by atoms with Gasteiger partial charge in [-0.3, -0.25) is 14.3 Å². The molecule has 2 aromatic rings. The number of carbonyl (C=O) groups is 3. The molecule has 1 saturated heterocycles. The first-order valence-corrected chi connectivity index (χ1v) is 17.8. The van der Waals surface area contributed by atoms with Gasteiger partial charge in [-0.1, -0.05) is 24.3 Å². The van der Waals surface area contributed by atoms with Crippen LogP contribution in [0.5, 0.6) is 5.88 Å². The lowest BCUT2D eigenvalue weighted by Crippen LogP contribution is -2.54. The first-order valence-electron chi connectivity index (χ1n) is 15.9. The van der Waals surface area contributed by atoms with Gasteiger partial charge >= 0.3 is 18.2 Å². The number of nitrogens with zero attached hydrogens (tertiary/aromatic N) is 3. The highest BCUT2D eigenvalue weighted by atomic mass is 31.2. The van der Waals surface area contributed by atoms with E-state index in [2.05, 4.69) is 4.98 Å². The summed E-state index contributed by atoms with van der Waals surface area (Å²) in [6.07, 6.45) is 0.637. The second-order valence-electron chi connectivity index (χ2n) is 13.7. The number of hydrogen-bond acceptors (Lipinski definition) is 10. The molecule has 12 nitrogen and oxygen atoms in total. The Labute approximate surface area is 278 Å². The molecule has 0 aliphatic carbocycles. The zero-order chi connectivity index (χ0) is 35.0. The van der Waals surface area contributed by atoms with Gasteiger partial charge in [-0.25, -0.2) is 19.5 Å². The van der Waals surface area contributed by atoms with Gasteiger partial charge in [0.15, 0.2) is 5.16 Å². The molecule has 2 heterocycles. The van der Waals surface area contributed by atoms with Crippen LogP contribution in [0.15, 0.2) is 42.6 Å². The molecule has 260 valence electrons. The van der Waals surface area contributed by atoms with Gasteiger partial charge in [0.05, 0.1) is 13.7 Å². The number of hydrogen-bond donors (Lipinski definition) is 1. The summed E-state index contributed by atoms with van der Waals surface area (Å²) in [5.74, 6) is -0.691. The molecule has 1 aliphatic rings. The molecule has 13 heteroatoms. The standard InChI is InChI=1S/C34H50N3O9P/c1-9-44-47(42)21-20-36(23-26-14-10-11-15-27(26)25-16-17-28(43-8)35-22-25)24-34(47,29(38)39)18-12-13-19-37(30(40)45-32(2,3)4)31(41)46-33(5,6)7/h10-11,14-17,22H,9,12-13,18-21,23-24H2,1-8H3,(H,38,39)/t34-,47?/m0/s1. The summed E-state index contributed by atoms with van der Waals surface area (Å²) in [6, 6.07) is 11.5. The van der Waals surface area contributed by atoms with Gasteiger partial charge in [0.2, 0.25) is 13.2 Å². The van der Waals surface area contributed by atoms with E-state index in [4.69, 9.17) is 18.7 Å². The van der Waals surface area contributed by atoms with Crippen LogP contribution in [0.25, 0.3) is 11.1 Å². The lowest BCUT2D eigenvalue weighted by molar-refractivity contribution is -0.141. The Morgan fingerprint density at radius 2 is 1.64 bits per heavy atom. The average molecular weight is 676 g/mol. The number of benzene rings is 1. The van der Waals surface area contributed by atoms with Gasteiger partial charge in [0, 0.05) is 50.2 Å². The third-order valence-corrected chi connectivity index (χ3v) is 11.0. The van der Waals surface area contributed by atoms with E-state index in [-0.39, 0.29) is 45.1 Å². The first kappa shape index (κ1) is 38.0. The summed E-state index contributed by atoms with van der Waals surface area (Å²) in [7, 11) is -2.10. The Balaban J connectivity index is 1.83. The molecule has 0 radical (unpaired) electrons. The van der Waals surface area contributed by atoms with E-state index in [1.165, 1.54) is 0 Å². The average Bonchev–Trinajstić information content (AvgIpc) is 2.97. The van der Waals surface area contributed by atoms with E-state index in [0.717, 1.165) is 21.6 Å². The van der Waals surface area contributed by atoms with Gasteiger partial charge in [-0.15, -0.1) is 0 Å². The lowest BCUT2D eigenvalue weighted by Gasteiger charge is -2.45. The Kier molecular flexibility index (Phi) is 12.6. The maximum atomic E-state index is 14.3. The van der Waals surface area contributed by atoms with Gasteiger partial charge in [0.1, 0.15) is 11.2 Å². The van der Waals surface area contributed by atoms with Gasteiger partial charge in [-0.05, 0) is 84.9 Å². The fourth-order valence-electron chi connectivity index (χ4n) is 5.56. The molecule has 1 N–H and O–H groups in total. The zero-order valence-corrected chi connectivity index (χ0v) is 29.8. The van der Waals surface area contributed by atoms with Gasteiger partial charge < -0.3 is 23.8 Å². The second-order valence-corrected chi connectivity index (χ2v) is 16.6. The third-order valence-electron chi connectivity index (χ3n) is 7.70. The van der Waals surface area contributed by atoms with Crippen LogP contribution in [-0.4, -0.2) is 93.9 Å². The molecular formula is C34H50N3O9P. The lowest BCUT2D eigenvalue weighted by atomic mass is 9.97. The molecule has 1 aromatic heterocycles. The fourth-order valence-corrected chi connectivity index (χ4v) is 8.54. The second kappa shape index (κ2) is 15.6. The smallest absolute Gasteiger partial charge is 0.419 e. The van der Waals surface area contributed by atoms with E-state index in [1.807, 2.05) is 35.2 Å². The highest BCUT2D eigenvalue weighted by Gasteiger charge is 2.58. The van der Waals surface area contributed by atoms with E-state index in [9.17, 15) is 24.1 Å². The summed E-state index contributed by atoms with van der Waals surface area (Å²) in [4.78, 5) is 46.2. The van der Waals surface area contributed by atoms with Crippen molar-refractivity contribution in [1.82, 2.24) is 14.8 Å². The molecule has 2 atom stereocenters. The number of unbranched alkanes of at least 4 members (excludes halogenated alkanes) is 1. The summed E-state index contributed by atoms with van der Waals surface area (Å²) < 4.78 is 36.2. The SMILES string of the molecule is CCOP1(=O)CCN(Cc2ccccc2-c2ccc(OC)nc2)C[C@@]1(CCCCN(C(=O)OC(C)(C)C)C(=O)OC(C)(C)C)C(=O)O. The van der Waals surface area contributed by atoms with Crippen LogP contribution in [-0.2, 0) is 29.9 Å². The van der Waals surface area contributed by atoms with Crippen molar-refractivity contribution in [3.63, 3.8) is 0 Å². The van der Waals surface area contributed by atoms with Crippen LogP contribution < -0.4 is 4.74 Å². The number of pyridine rings is 1. The maximum absolute atomic E-state index is 14.3. The Hall–Kier alpha value is -3.47. The van der Waals surface area contributed by atoms with E-state index < -0.39 is 41.9 Å². The van der Waals surface area contributed by atoms with Crippen LogP contribution in [0.3, 0.4) is 0 Å². The first-order chi connectivity index (χ1) is 21.9. The highest BCUT2D eigenvalue weighted by Crippen LogP contribution is 2.63. The van der Waals surface area contributed by atoms with E-state index in [1.54, 1.807) is 67.8 Å². The number of ether oxygens (including phenoxy) is 3. The molecule has 0 bridgehead atoms. The summed E-state index contributed by atoms with van der Waals surface area (Å²) in [5.41, 5.74) is 1.12. The Morgan fingerprint density at radius 3 is 2.17 bits per heavy atom. The number of carboxylic acids is 1. The molecule has 3 rings (SSSR count). The largest absolute Gasteiger partial charge is 0.481 e. The third kappa shape index (κ3) is 10.0. The van der Waals surface area contributed by atoms with Crippen molar-refractivity contribution in [3.05, 3.63) is 48.2 Å². The molecule has 47 heavy (non-hydrogen) atoms. The number of methoxy groups -OCH3 is 1. The zero-order valence-electron chi connectivity index (χ0n) is 28.9. The number of carboxylic acid groups (broad SMARTS) is 1. The van der Waals surface area contributed by atoms with E-state index >= 15 is 0 Å². The van der Waals surface area contributed by atoms with Crippen molar-refractivity contribution in [2.75, 3.05) is 39.5 Å². The van der Waals surface area contributed by atoms with Crippen LogP contribution in [0.1, 0.15) is 73.3 Å². The van der Waals surface area contributed by atoms with E-state index in [0.29, 0.717) is 19.0 Å². The molecule has 1 fully saturated rings. The highest BCUT2D eigenvalue weighted by molar-refractivity contribution is 7.62. The van der Waals surface area contributed by atoms with Crippen LogP contribution in [0.2, 0.25) is 0 Å². The van der Waals surface area contributed by atoms with Crippen molar-refractivity contribution in [1.29, 1.82) is 0 Å². The number of rotatable bonds is 12. The topological polar surface area (TPSA) is 145 Å². The van der Waals surface area contributed by atoms with Crippen LogP contribution in [0.4, 0.5) is 9.59 Å². The maximum Gasteiger partial charge on any atom is 0.419 e. The van der Waals surface area contributed by atoms with Crippen molar-refractivity contribution in [2.24, 2.45) is 0 Å². The van der Waals surface area contributed by atoms with Crippen molar-refractivity contribution in [3.8, 4) is 17.0 Å². The summed E-state index contributed by atoms with van der Waals surface area (Å²) >= 11 is 0. The minimum atomic E-state index is -3.65. The normalized spacial score (nSPS) is 20.3. The number of amides is 2. The quantitative estimate of drug-likeness (QED) is 0.182. The van der Waals surface area contributed by atoms with Gasteiger partial charge in [-0.2, -0.15) is 0 Å². The monoisotopic (exact) mass is 675 g/mol. The molecule has 1 aliphatic heterocycles. The Morgan fingerprint density at radius 1 is 1.00 bits per heavy atom. The minimum absolute atomic E-state index is 0.0106.